The minimum atomic E-state index is 0.393. The smallest absolute Gasteiger partial charge is 0.0588 e. The lowest BCUT2D eigenvalue weighted by molar-refractivity contribution is 0.103. The van der Waals surface area contributed by atoms with Crippen molar-refractivity contribution < 1.29 is 4.74 Å². The highest BCUT2D eigenvalue weighted by Gasteiger charge is 2.15. The Morgan fingerprint density at radius 2 is 2.31 bits per heavy atom. The van der Waals surface area contributed by atoms with Crippen LogP contribution < -0.4 is 5.32 Å². The molecule has 0 bridgehead atoms. The van der Waals surface area contributed by atoms with Gasteiger partial charge >= 0.3 is 0 Å². The Hall–Kier alpha value is -0.930. The van der Waals surface area contributed by atoms with Gasteiger partial charge in [-0.1, -0.05) is 0 Å². The van der Waals surface area contributed by atoms with E-state index in [0.29, 0.717) is 12.1 Å². The molecule has 3 heteroatoms. The predicted molar refractivity (Wildman–Crippen MR) is 64.2 cm³/mol. The number of rotatable bonds is 5. The van der Waals surface area contributed by atoms with Gasteiger partial charge in [0.25, 0.3) is 0 Å². The van der Waals surface area contributed by atoms with Crippen LogP contribution in [-0.4, -0.2) is 24.2 Å². The third-order valence-corrected chi connectivity index (χ3v) is 3.15. The highest BCUT2D eigenvalue weighted by Crippen LogP contribution is 2.15. The summed E-state index contributed by atoms with van der Waals surface area (Å²) in [5, 5.41) is 3.52. The molecule has 2 heterocycles. The van der Waals surface area contributed by atoms with Gasteiger partial charge in [-0.25, -0.2) is 0 Å². The molecule has 1 saturated heterocycles. The largest absolute Gasteiger partial charge is 0.378 e. The van der Waals surface area contributed by atoms with Crippen molar-refractivity contribution in [2.45, 2.75) is 38.3 Å². The van der Waals surface area contributed by atoms with E-state index >= 15 is 0 Å². The molecule has 0 aromatic carbocycles. The van der Waals surface area contributed by atoms with Crippen molar-refractivity contribution in [1.29, 1.82) is 0 Å². The zero-order valence-corrected chi connectivity index (χ0v) is 9.86. The number of nitrogens with one attached hydrogen (secondary N) is 1. The standard InChI is InChI=1S/C13H20N2O/c1-11(12-4-7-14-8-5-12)15-9-6-13-3-2-10-16-13/h4-5,7-8,11,13,15H,2-3,6,9-10H2,1H3/t11-,13?/m1/s1. The molecule has 1 aliphatic rings. The van der Waals surface area contributed by atoms with Crippen LogP contribution in [0.2, 0.25) is 0 Å². The maximum Gasteiger partial charge on any atom is 0.0588 e. The number of aromatic nitrogens is 1. The van der Waals surface area contributed by atoms with Crippen molar-refractivity contribution in [3.8, 4) is 0 Å². The first-order chi connectivity index (χ1) is 7.86. The molecule has 1 fully saturated rings. The van der Waals surface area contributed by atoms with Crippen LogP contribution in [0.1, 0.15) is 37.8 Å². The molecule has 1 unspecified atom stereocenters. The molecule has 1 aromatic heterocycles. The van der Waals surface area contributed by atoms with Crippen LogP contribution in [-0.2, 0) is 4.74 Å². The minimum absolute atomic E-state index is 0.393. The molecule has 1 N–H and O–H groups in total. The highest BCUT2D eigenvalue weighted by atomic mass is 16.5. The van der Waals surface area contributed by atoms with Crippen LogP contribution in [0.3, 0.4) is 0 Å². The summed E-state index contributed by atoms with van der Waals surface area (Å²) in [6, 6.07) is 4.51. The molecule has 1 aromatic rings. The number of hydrogen-bond acceptors (Lipinski definition) is 3. The summed E-state index contributed by atoms with van der Waals surface area (Å²) in [7, 11) is 0. The number of pyridine rings is 1. The van der Waals surface area contributed by atoms with E-state index in [1.54, 1.807) is 0 Å². The summed E-state index contributed by atoms with van der Waals surface area (Å²) in [5.41, 5.74) is 1.29. The van der Waals surface area contributed by atoms with Crippen molar-refractivity contribution in [2.24, 2.45) is 0 Å². The van der Waals surface area contributed by atoms with Gasteiger partial charge in [-0.05, 0) is 50.4 Å². The molecule has 0 spiro atoms. The highest BCUT2D eigenvalue weighted by molar-refractivity contribution is 5.13. The normalized spacial score (nSPS) is 22.2. The number of ether oxygens (including phenoxy) is 1. The van der Waals surface area contributed by atoms with Crippen molar-refractivity contribution >= 4 is 0 Å². The lowest BCUT2D eigenvalue weighted by atomic mass is 10.1. The second-order valence-corrected chi connectivity index (χ2v) is 4.38. The third kappa shape index (κ3) is 3.29. The fraction of sp³-hybridized carbons (Fsp3) is 0.615. The lowest BCUT2D eigenvalue weighted by Gasteiger charge is -2.15. The fourth-order valence-corrected chi connectivity index (χ4v) is 2.10. The number of hydrogen-bond donors (Lipinski definition) is 1. The van der Waals surface area contributed by atoms with E-state index in [1.165, 1.54) is 18.4 Å². The van der Waals surface area contributed by atoms with Gasteiger partial charge < -0.3 is 10.1 Å². The monoisotopic (exact) mass is 220 g/mol. The van der Waals surface area contributed by atoms with E-state index < -0.39 is 0 Å². The summed E-state index contributed by atoms with van der Waals surface area (Å²) in [6.45, 7) is 4.16. The summed E-state index contributed by atoms with van der Waals surface area (Å²) in [4.78, 5) is 4.02. The quantitative estimate of drug-likeness (QED) is 0.826. The van der Waals surface area contributed by atoms with Crippen molar-refractivity contribution in [3.63, 3.8) is 0 Å². The van der Waals surface area contributed by atoms with Gasteiger partial charge in [0.15, 0.2) is 0 Å². The second kappa shape index (κ2) is 5.97. The average molecular weight is 220 g/mol. The second-order valence-electron chi connectivity index (χ2n) is 4.38. The Bertz CT molecular complexity index is 296. The molecule has 0 radical (unpaired) electrons. The van der Waals surface area contributed by atoms with E-state index in [1.807, 2.05) is 12.4 Å². The Balaban J connectivity index is 1.69. The summed E-state index contributed by atoms with van der Waals surface area (Å²) < 4.78 is 5.59. The third-order valence-electron chi connectivity index (χ3n) is 3.15. The van der Waals surface area contributed by atoms with E-state index in [2.05, 4.69) is 29.4 Å². The molecule has 88 valence electrons. The van der Waals surface area contributed by atoms with Crippen molar-refractivity contribution in [2.75, 3.05) is 13.2 Å². The predicted octanol–water partition coefficient (Wildman–Crippen LogP) is 2.30. The number of nitrogens with zero attached hydrogens (tertiary/aromatic N) is 1. The van der Waals surface area contributed by atoms with E-state index in [9.17, 15) is 0 Å². The van der Waals surface area contributed by atoms with Crippen molar-refractivity contribution in [1.82, 2.24) is 10.3 Å². The first-order valence-electron chi connectivity index (χ1n) is 6.11. The van der Waals surface area contributed by atoms with Gasteiger partial charge in [-0.15, -0.1) is 0 Å². The molecule has 0 saturated carbocycles. The first kappa shape index (κ1) is 11.6. The molecule has 0 aliphatic carbocycles. The molecule has 1 aliphatic heterocycles. The summed E-state index contributed by atoms with van der Waals surface area (Å²) >= 11 is 0. The Labute approximate surface area is 97.2 Å². The van der Waals surface area contributed by atoms with Gasteiger partial charge in [0.05, 0.1) is 6.10 Å². The molecular formula is C13H20N2O. The maximum atomic E-state index is 5.59. The molecule has 3 nitrogen and oxygen atoms in total. The topological polar surface area (TPSA) is 34.1 Å². The maximum absolute atomic E-state index is 5.59. The minimum Gasteiger partial charge on any atom is -0.378 e. The van der Waals surface area contributed by atoms with Crippen LogP contribution >= 0.6 is 0 Å². The van der Waals surface area contributed by atoms with Crippen molar-refractivity contribution in [3.05, 3.63) is 30.1 Å². The molecule has 2 atom stereocenters. The Kier molecular flexibility index (Phi) is 4.31. The summed E-state index contributed by atoms with van der Waals surface area (Å²) in [6.07, 6.45) is 7.74. The Morgan fingerprint density at radius 1 is 1.50 bits per heavy atom. The first-order valence-corrected chi connectivity index (χ1v) is 6.11. The molecule has 0 amide bonds. The Morgan fingerprint density at radius 3 is 3.00 bits per heavy atom. The molecule has 16 heavy (non-hydrogen) atoms. The van der Waals surface area contributed by atoms with Crippen LogP contribution in [0, 0.1) is 0 Å². The van der Waals surface area contributed by atoms with Gasteiger partial charge in [0.2, 0.25) is 0 Å². The van der Waals surface area contributed by atoms with Crippen LogP contribution in [0.4, 0.5) is 0 Å². The van der Waals surface area contributed by atoms with Crippen LogP contribution in [0.25, 0.3) is 0 Å². The van der Waals surface area contributed by atoms with E-state index in [-0.39, 0.29) is 0 Å². The van der Waals surface area contributed by atoms with Gasteiger partial charge in [-0.3, -0.25) is 4.98 Å². The van der Waals surface area contributed by atoms with Crippen LogP contribution in [0.5, 0.6) is 0 Å². The molecular weight excluding hydrogens is 200 g/mol. The van der Waals surface area contributed by atoms with E-state index in [0.717, 1.165) is 19.6 Å². The van der Waals surface area contributed by atoms with E-state index in [4.69, 9.17) is 4.74 Å². The average Bonchev–Trinajstić information content (AvgIpc) is 2.83. The summed E-state index contributed by atoms with van der Waals surface area (Å²) in [5.74, 6) is 0. The molecule has 2 rings (SSSR count). The fourth-order valence-electron chi connectivity index (χ4n) is 2.10. The zero-order chi connectivity index (χ0) is 11.2. The zero-order valence-electron chi connectivity index (χ0n) is 9.86. The van der Waals surface area contributed by atoms with Gasteiger partial charge in [0, 0.05) is 25.0 Å². The van der Waals surface area contributed by atoms with Gasteiger partial charge in [0.1, 0.15) is 0 Å². The SMILES string of the molecule is C[C@@H](NCCC1CCCO1)c1ccncc1. The van der Waals surface area contributed by atoms with Crippen LogP contribution in [0.15, 0.2) is 24.5 Å². The lowest BCUT2D eigenvalue weighted by Crippen LogP contribution is -2.23. The van der Waals surface area contributed by atoms with Gasteiger partial charge in [-0.2, -0.15) is 0 Å².